The minimum atomic E-state index is -0.482. The van der Waals surface area contributed by atoms with Gasteiger partial charge in [-0.25, -0.2) is 4.79 Å². The van der Waals surface area contributed by atoms with Crippen molar-refractivity contribution < 1.29 is 23.7 Å². The van der Waals surface area contributed by atoms with E-state index in [1.165, 1.54) is 0 Å². The lowest BCUT2D eigenvalue weighted by atomic mass is 10.1. The predicted molar refractivity (Wildman–Crippen MR) is 192 cm³/mol. The summed E-state index contributed by atoms with van der Waals surface area (Å²) in [6, 6.07) is 32.4. The molecule has 2 heterocycles. The SMILES string of the molecule is CC(C)(C)OC(=O)N1CCN(CCOc2ccc(Oc3c(-c4ccc(Br)cc4)sc4cc(OCc5ccccc5)ccc34)cc2)CC1. The second-order valence-corrected chi connectivity index (χ2v) is 14.4. The average Bonchev–Trinajstić information content (AvgIpc) is 3.42. The minimum absolute atomic E-state index is 0.243. The van der Waals surface area contributed by atoms with Gasteiger partial charge in [-0.2, -0.15) is 0 Å². The molecule has 1 aliphatic heterocycles. The maximum absolute atomic E-state index is 12.3. The molecule has 0 saturated carbocycles. The summed E-state index contributed by atoms with van der Waals surface area (Å²) >= 11 is 5.25. The van der Waals surface area contributed by atoms with E-state index in [0.29, 0.717) is 26.3 Å². The summed E-state index contributed by atoms with van der Waals surface area (Å²) in [6.07, 6.45) is -0.243. The van der Waals surface area contributed by atoms with E-state index in [4.69, 9.17) is 18.9 Å². The lowest BCUT2D eigenvalue weighted by Crippen LogP contribution is -2.50. The van der Waals surface area contributed by atoms with Crippen molar-refractivity contribution in [3.05, 3.63) is 107 Å². The summed E-state index contributed by atoms with van der Waals surface area (Å²) in [7, 11) is 0. The number of benzene rings is 4. The summed E-state index contributed by atoms with van der Waals surface area (Å²) in [6.45, 7) is 10.4. The number of carbonyl (C=O) groups is 1. The lowest BCUT2D eigenvalue weighted by molar-refractivity contribution is 0.0137. The molecular formula is C38H39BrN2O5S. The summed E-state index contributed by atoms with van der Waals surface area (Å²) in [5.74, 6) is 3.16. The van der Waals surface area contributed by atoms with Gasteiger partial charge in [0.15, 0.2) is 5.75 Å². The van der Waals surface area contributed by atoms with Crippen LogP contribution in [0.1, 0.15) is 26.3 Å². The fraction of sp³-hybridized carbons (Fsp3) is 0.289. The third-order valence-electron chi connectivity index (χ3n) is 7.71. The van der Waals surface area contributed by atoms with Crippen molar-refractivity contribution >= 4 is 43.4 Å². The van der Waals surface area contributed by atoms with Crippen molar-refractivity contribution in [2.24, 2.45) is 0 Å². The van der Waals surface area contributed by atoms with Crippen molar-refractivity contribution in [3.8, 4) is 33.4 Å². The summed E-state index contributed by atoms with van der Waals surface area (Å²) in [5, 5.41) is 1.03. The van der Waals surface area contributed by atoms with Crippen molar-refractivity contribution in [2.75, 3.05) is 39.3 Å². The predicted octanol–water partition coefficient (Wildman–Crippen LogP) is 9.63. The van der Waals surface area contributed by atoms with Crippen LogP contribution in [0, 0.1) is 0 Å². The molecule has 47 heavy (non-hydrogen) atoms. The van der Waals surface area contributed by atoms with Crippen LogP contribution >= 0.6 is 27.3 Å². The van der Waals surface area contributed by atoms with Gasteiger partial charge in [-0.3, -0.25) is 4.90 Å². The molecule has 0 unspecified atom stereocenters. The molecule has 244 valence electrons. The number of amides is 1. The van der Waals surface area contributed by atoms with E-state index in [2.05, 4.69) is 57.2 Å². The van der Waals surface area contributed by atoms with Crippen LogP contribution in [0.5, 0.6) is 23.0 Å². The Morgan fingerprint density at radius 3 is 2.19 bits per heavy atom. The van der Waals surface area contributed by atoms with E-state index >= 15 is 0 Å². The van der Waals surface area contributed by atoms with Gasteiger partial charge < -0.3 is 23.8 Å². The molecule has 0 spiro atoms. The normalized spacial score (nSPS) is 13.8. The molecular weight excluding hydrogens is 676 g/mol. The second kappa shape index (κ2) is 14.8. The number of hydrogen-bond acceptors (Lipinski definition) is 7. The van der Waals surface area contributed by atoms with E-state index < -0.39 is 5.60 Å². The quantitative estimate of drug-likeness (QED) is 0.144. The maximum atomic E-state index is 12.3. The number of hydrogen-bond donors (Lipinski definition) is 0. The van der Waals surface area contributed by atoms with Crippen molar-refractivity contribution in [3.63, 3.8) is 0 Å². The Balaban J connectivity index is 1.09. The standard InChI is InChI=1S/C38H39BrN2O5S/c1-38(2,3)46-37(42)41-21-19-40(20-22-41)23-24-43-30-13-15-31(16-14-30)45-35-33-18-17-32(44-26-27-7-5-4-6-8-27)25-34(33)47-36(35)28-9-11-29(39)12-10-28/h4-18,25H,19-24,26H2,1-3H3. The summed E-state index contributed by atoms with van der Waals surface area (Å²) < 4.78 is 26.4. The molecule has 7 nitrogen and oxygen atoms in total. The Bertz CT molecular complexity index is 1780. The molecule has 1 aromatic heterocycles. The first-order chi connectivity index (χ1) is 22.7. The molecule has 4 aromatic carbocycles. The van der Waals surface area contributed by atoms with Gasteiger partial charge in [-0.15, -0.1) is 11.3 Å². The number of piperazine rings is 1. The highest BCUT2D eigenvalue weighted by molar-refractivity contribution is 9.10. The first kappa shape index (κ1) is 32.9. The monoisotopic (exact) mass is 714 g/mol. The zero-order valence-electron chi connectivity index (χ0n) is 26.9. The molecule has 5 aromatic rings. The first-order valence-corrected chi connectivity index (χ1v) is 17.4. The van der Waals surface area contributed by atoms with Crippen molar-refractivity contribution in [1.29, 1.82) is 0 Å². The maximum Gasteiger partial charge on any atom is 0.410 e. The van der Waals surface area contributed by atoms with Crippen LogP contribution in [0.3, 0.4) is 0 Å². The van der Waals surface area contributed by atoms with Crippen LogP contribution in [0.4, 0.5) is 4.79 Å². The smallest absolute Gasteiger partial charge is 0.410 e. The van der Waals surface area contributed by atoms with E-state index in [-0.39, 0.29) is 6.09 Å². The van der Waals surface area contributed by atoms with E-state index in [0.717, 1.165) is 73.2 Å². The van der Waals surface area contributed by atoms with Gasteiger partial charge in [0, 0.05) is 47.3 Å². The highest BCUT2D eigenvalue weighted by atomic mass is 79.9. The minimum Gasteiger partial charge on any atom is -0.492 e. The third-order valence-corrected chi connectivity index (χ3v) is 9.43. The fourth-order valence-electron chi connectivity index (χ4n) is 5.27. The van der Waals surface area contributed by atoms with Crippen LogP contribution in [0.2, 0.25) is 0 Å². The molecule has 0 radical (unpaired) electrons. The van der Waals surface area contributed by atoms with E-state index in [1.807, 2.05) is 81.4 Å². The van der Waals surface area contributed by atoms with Crippen LogP contribution in [0.25, 0.3) is 20.5 Å². The van der Waals surface area contributed by atoms with Crippen LogP contribution in [-0.4, -0.2) is 60.8 Å². The highest BCUT2D eigenvalue weighted by Crippen LogP contribution is 2.47. The molecule has 1 fully saturated rings. The van der Waals surface area contributed by atoms with Crippen LogP contribution < -0.4 is 14.2 Å². The van der Waals surface area contributed by atoms with Gasteiger partial charge in [-0.05, 0) is 86.5 Å². The number of nitrogens with zero attached hydrogens (tertiary/aromatic N) is 2. The number of halogens is 1. The molecule has 9 heteroatoms. The zero-order valence-corrected chi connectivity index (χ0v) is 29.3. The Morgan fingerprint density at radius 1 is 0.809 bits per heavy atom. The van der Waals surface area contributed by atoms with Crippen LogP contribution in [0.15, 0.2) is 102 Å². The van der Waals surface area contributed by atoms with Gasteiger partial charge in [0.1, 0.15) is 36.1 Å². The average molecular weight is 716 g/mol. The summed E-state index contributed by atoms with van der Waals surface area (Å²) in [5.41, 5.74) is 1.73. The molecule has 1 aliphatic rings. The molecule has 0 atom stereocenters. The molecule has 1 saturated heterocycles. The van der Waals surface area contributed by atoms with E-state index in [9.17, 15) is 4.79 Å². The van der Waals surface area contributed by atoms with Gasteiger partial charge >= 0.3 is 6.09 Å². The number of rotatable bonds is 10. The largest absolute Gasteiger partial charge is 0.492 e. The number of fused-ring (bicyclic) bond motifs is 1. The fourth-order valence-corrected chi connectivity index (χ4v) is 6.70. The molecule has 0 bridgehead atoms. The topological polar surface area (TPSA) is 60.5 Å². The Hall–Kier alpha value is -4.05. The number of carbonyl (C=O) groups excluding carboxylic acids is 1. The van der Waals surface area contributed by atoms with Crippen molar-refractivity contribution in [2.45, 2.75) is 33.0 Å². The molecule has 6 rings (SSSR count). The number of thiophene rings is 1. The number of ether oxygens (including phenoxy) is 4. The third kappa shape index (κ3) is 8.86. The zero-order chi connectivity index (χ0) is 32.8. The van der Waals surface area contributed by atoms with Gasteiger partial charge in [0.2, 0.25) is 0 Å². The first-order valence-electron chi connectivity index (χ1n) is 15.8. The van der Waals surface area contributed by atoms with Gasteiger partial charge in [0.05, 0.1) is 4.88 Å². The highest BCUT2D eigenvalue weighted by Gasteiger charge is 2.25. The molecule has 0 N–H and O–H groups in total. The van der Waals surface area contributed by atoms with Crippen LogP contribution in [-0.2, 0) is 11.3 Å². The Labute approximate surface area is 288 Å². The van der Waals surface area contributed by atoms with Gasteiger partial charge in [0.25, 0.3) is 0 Å². The second-order valence-electron chi connectivity index (χ2n) is 12.4. The molecule has 1 amide bonds. The molecule has 0 aliphatic carbocycles. The van der Waals surface area contributed by atoms with Gasteiger partial charge in [-0.1, -0.05) is 58.4 Å². The van der Waals surface area contributed by atoms with E-state index in [1.54, 1.807) is 16.2 Å². The Morgan fingerprint density at radius 2 is 1.49 bits per heavy atom. The van der Waals surface area contributed by atoms with Crippen molar-refractivity contribution in [1.82, 2.24) is 9.80 Å². The summed E-state index contributed by atoms with van der Waals surface area (Å²) in [4.78, 5) is 17.5. The Kier molecular flexibility index (Phi) is 10.3. The lowest BCUT2D eigenvalue weighted by Gasteiger charge is -2.35.